The Morgan fingerprint density at radius 3 is 1.86 bits per heavy atom. The van der Waals surface area contributed by atoms with Crippen LogP contribution in [0.3, 0.4) is 0 Å². The zero-order valence-corrected chi connectivity index (χ0v) is 38.2. The van der Waals surface area contributed by atoms with Gasteiger partial charge in [0.25, 0.3) is 14.1 Å². The van der Waals surface area contributed by atoms with Gasteiger partial charge in [0.1, 0.15) is 35.4 Å². The Morgan fingerprint density at radius 2 is 1.39 bits per heavy atom. The molecule has 14 heteroatoms. The first-order valence-electron chi connectivity index (χ1n) is 20.1. The van der Waals surface area contributed by atoms with Gasteiger partial charge < -0.3 is 32.4 Å². The molecule has 12 nitrogen and oxygen atoms in total. The van der Waals surface area contributed by atoms with Gasteiger partial charge in [-0.05, 0) is 86.8 Å². The SMILES string of the molecule is C=CCOP(O[C@H]1[C@@H](O[Si](C)(C)C(C)(C)C)[C@H](n2ccc(=O)[nH]c2=O)O[C@@H]1COC(c1ccccc1)(c1ccc(OC)cc1)c1ccc(OC)cc1)N(C(C)C)C(C)C. The van der Waals surface area contributed by atoms with Crippen molar-refractivity contribution in [1.29, 1.82) is 0 Å². The lowest BCUT2D eigenvalue weighted by molar-refractivity contribution is -0.0943. The number of benzene rings is 3. The summed E-state index contributed by atoms with van der Waals surface area (Å²) in [5.74, 6) is 1.40. The van der Waals surface area contributed by atoms with Crippen molar-refractivity contribution in [3.8, 4) is 11.5 Å². The van der Waals surface area contributed by atoms with Gasteiger partial charge in [0, 0.05) is 24.3 Å². The molecule has 1 saturated heterocycles. The predicted molar refractivity (Wildman–Crippen MR) is 236 cm³/mol. The molecule has 5 atom stereocenters. The Bertz CT molecular complexity index is 2010. The molecule has 5 rings (SSSR count). The lowest BCUT2D eigenvalue weighted by atomic mass is 9.80. The van der Waals surface area contributed by atoms with E-state index in [0.717, 1.165) is 16.7 Å². The fourth-order valence-corrected chi connectivity index (χ4v) is 10.1. The van der Waals surface area contributed by atoms with Gasteiger partial charge in [0.05, 0.1) is 27.4 Å². The number of hydrogen-bond donors (Lipinski definition) is 1. The van der Waals surface area contributed by atoms with Crippen molar-refractivity contribution in [2.24, 2.45) is 0 Å². The fourth-order valence-electron chi connectivity index (χ4n) is 7.09. The average molecular weight is 848 g/mol. The Kier molecular flexibility index (Phi) is 15.4. The van der Waals surface area contributed by atoms with Crippen LogP contribution in [0.5, 0.6) is 11.5 Å². The maximum absolute atomic E-state index is 13.6. The van der Waals surface area contributed by atoms with Crippen LogP contribution in [-0.4, -0.2) is 80.4 Å². The van der Waals surface area contributed by atoms with Crippen molar-refractivity contribution in [3.05, 3.63) is 141 Å². The number of nitrogens with one attached hydrogen (secondary N) is 1. The molecule has 1 unspecified atom stereocenters. The highest BCUT2D eigenvalue weighted by Gasteiger charge is 2.54. The van der Waals surface area contributed by atoms with Crippen LogP contribution >= 0.6 is 8.53 Å². The fraction of sp³-hybridized carbons (Fsp3) is 0.467. The number of aromatic nitrogens is 2. The molecule has 1 aromatic heterocycles. The molecule has 0 amide bonds. The van der Waals surface area contributed by atoms with Crippen molar-refractivity contribution < 1.29 is 32.4 Å². The summed E-state index contributed by atoms with van der Waals surface area (Å²) in [6.45, 7) is 23.3. The second-order valence-corrected chi connectivity index (χ2v) is 22.9. The average Bonchev–Trinajstić information content (AvgIpc) is 3.52. The van der Waals surface area contributed by atoms with Crippen LogP contribution in [0, 0.1) is 0 Å². The summed E-state index contributed by atoms with van der Waals surface area (Å²) in [5, 5.41) is -0.218. The molecule has 3 aromatic carbocycles. The summed E-state index contributed by atoms with van der Waals surface area (Å²) in [6.07, 6.45) is -0.297. The van der Waals surface area contributed by atoms with Crippen LogP contribution in [0.1, 0.15) is 71.4 Å². The molecule has 1 aliphatic heterocycles. The first-order chi connectivity index (χ1) is 28.0. The number of nitrogens with zero attached hydrogens (tertiary/aromatic N) is 2. The third-order valence-electron chi connectivity index (χ3n) is 11.0. The van der Waals surface area contributed by atoms with E-state index in [-0.39, 0.29) is 30.3 Å². The zero-order chi connectivity index (χ0) is 43.1. The first kappa shape index (κ1) is 46.2. The summed E-state index contributed by atoms with van der Waals surface area (Å²) in [6, 6.07) is 27.1. The molecular formula is C45H62N3O9PSi. The number of aromatic amines is 1. The molecule has 1 aliphatic rings. The van der Waals surface area contributed by atoms with Crippen LogP contribution in [0.15, 0.2) is 113 Å². The second kappa shape index (κ2) is 19.6. The standard InChI is InChI=1S/C45H62N3O9PSi/c1-13-29-54-58(48(31(2)3)32(4)5)56-40-38(55-42(47-28-27-39(49)46-43(47)50)41(40)57-59(11,12)44(6,7)8)30-53-45(33-17-15-14-16-18-33,34-19-23-36(51-9)24-20-34)35-21-25-37(52-10)26-22-35/h13-28,31-32,38,40-42H,1,29-30H2,2-12H3,(H,46,49,50)/t38-,40-,41-,42-,58?/m1/s1. The molecule has 4 aromatic rings. The Balaban J connectivity index is 1.73. The Labute approximate surface area is 351 Å². The maximum Gasteiger partial charge on any atom is 0.330 e. The summed E-state index contributed by atoms with van der Waals surface area (Å²) in [4.78, 5) is 28.4. The summed E-state index contributed by atoms with van der Waals surface area (Å²) in [7, 11) is -1.07. The second-order valence-electron chi connectivity index (χ2n) is 16.7. The van der Waals surface area contributed by atoms with Gasteiger partial charge in [-0.2, -0.15) is 0 Å². The maximum atomic E-state index is 13.6. The first-order valence-corrected chi connectivity index (χ1v) is 24.1. The Hall–Kier alpha value is -3.91. The van der Waals surface area contributed by atoms with Crippen LogP contribution in [0.25, 0.3) is 0 Å². The van der Waals surface area contributed by atoms with Crippen molar-refractivity contribution in [2.45, 2.75) is 109 Å². The summed E-state index contributed by atoms with van der Waals surface area (Å²) < 4.78 is 50.1. The minimum Gasteiger partial charge on any atom is -0.497 e. The lowest BCUT2D eigenvalue weighted by Crippen LogP contribution is -2.50. The van der Waals surface area contributed by atoms with E-state index >= 15 is 0 Å². The van der Waals surface area contributed by atoms with E-state index < -0.39 is 58.2 Å². The molecule has 1 fully saturated rings. The molecular weight excluding hydrogens is 786 g/mol. The quantitative estimate of drug-likeness (QED) is 0.0424. The van der Waals surface area contributed by atoms with Gasteiger partial charge >= 0.3 is 5.69 Å². The van der Waals surface area contributed by atoms with Gasteiger partial charge in [-0.15, -0.1) is 6.58 Å². The van der Waals surface area contributed by atoms with E-state index in [4.69, 9.17) is 32.4 Å². The number of rotatable bonds is 19. The summed E-state index contributed by atoms with van der Waals surface area (Å²) in [5.41, 5.74) is 0.234. The van der Waals surface area contributed by atoms with Crippen LogP contribution in [-0.2, 0) is 28.5 Å². The Morgan fingerprint density at radius 1 is 0.847 bits per heavy atom. The van der Waals surface area contributed by atoms with E-state index in [1.807, 2.05) is 78.9 Å². The lowest BCUT2D eigenvalue weighted by Gasteiger charge is -2.42. The topological polar surface area (TPSA) is 123 Å². The number of ether oxygens (including phenoxy) is 4. The van der Waals surface area contributed by atoms with Gasteiger partial charge in [-0.25, -0.2) is 9.46 Å². The highest BCUT2D eigenvalue weighted by Crippen LogP contribution is 2.52. The molecule has 320 valence electrons. The third-order valence-corrected chi connectivity index (χ3v) is 17.6. The third kappa shape index (κ3) is 10.3. The van der Waals surface area contributed by atoms with Crippen LogP contribution < -0.4 is 20.7 Å². The molecule has 59 heavy (non-hydrogen) atoms. The molecule has 0 bridgehead atoms. The van der Waals surface area contributed by atoms with E-state index in [0.29, 0.717) is 11.5 Å². The van der Waals surface area contributed by atoms with E-state index in [1.165, 1.54) is 16.8 Å². The number of methoxy groups -OCH3 is 2. The monoisotopic (exact) mass is 847 g/mol. The van der Waals surface area contributed by atoms with Gasteiger partial charge in [0.15, 0.2) is 14.5 Å². The minimum absolute atomic E-state index is 0.0163. The molecule has 0 aliphatic carbocycles. The predicted octanol–water partition coefficient (Wildman–Crippen LogP) is 8.78. The van der Waals surface area contributed by atoms with Crippen LogP contribution in [0.4, 0.5) is 0 Å². The molecule has 0 spiro atoms. The van der Waals surface area contributed by atoms with Gasteiger partial charge in [-0.1, -0.05) is 81.4 Å². The molecule has 0 saturated carbocycles. The van der Waals surface area contributed by atoms with E-state index in [1.54, 1.807) is 20.3 Å². The van der Waals surface area contributed by atoms with Crippen LogP contribution in [0.2, 0.25) is 18.1 Å². The highest BCUT2D eigenvalue weighted by molar-refractivity contribution is 7.44. The van der Waals surface area contributed by atoms with Crippen molar-refractivity contribution in [3.63, 3.8) is 0 Å². The molecule has 1 N–H and O–H groups in total. The van der Waals surface area contributed by atoms with Gasteiger partial charge in [-0.3, -0.25) is 14.3 Å². The van der Waals surface area contributed by atoms with Gasteiger partial charge in [0.2, 0.25) is 0 Å². The number of H-pyrrole nitrogens is 1. The van der Waals surface area contributed by atoms with Crippen molar-refractivity contribution in [1.82, 2.24) is 14.2 Å². The van der Waals surface area contributed by atoms with Crippen molar-refractivity contribution >= 4 is 16.8 Å². The summed E-state index contributed by atoms with van der Waals surface area (Å²) >= 11 is 0. The highest BCUT2D eigenvalue weighted by atomic mass is 31.2. The zero-order valence-electron chi connectivity index (χ0n) is 36.3. The number of hydrogen-bond acceptors (Lipinski definition) is 10. The largest absolute Gasteiger partial charge is 0.497 e. The smallest absolute Gasteiger partial charge is 0.330 e. The molecule has 2 heterocycles. The normalized spacial score (nSPS) is 19.4. The molecule has 0 radical (unpaired) electrons. The van der Waals surface area contributed by atoms with Crippen molar-refractivity contribution in [2.75, 3.05) is 27.4 Å². The van der Waals surface area contributed by atoms with E-state index in [2.05, 4.69) is 77.8 Å². The van der Waals surface area contributed by atoms with E-state index in [9.17, 15) is 9.59 Å². The minimum atomic E-state index is -2.60.